The highest BCUT2D eigenvalue weighted by atomic mass is 32.1. The summed E-state index contributed by atoms with van der Waals surface area (Å²) >= 11 is 1.24. The van der Waals surface area contributed by atoms with Crippen molar-refractivity contribution in [3.63, 3.8) is 0 Å². The zero-order chi connectivity index (χ0) is 18.0. The number of ether oxygens (including phenoxy) is 1. The van der Waals surface area contributed by atoms with Crippen molar-refractivity contribution in [1.82, 2.24) is 20.1 Å². The predicted molar refractivity (Wildman–Crippen MR) is 97.6 cm³/mol. The Morgan fingerprint density at radius 2 is 2.00 bits per heavy atom. The minimum Gasteiger partial charge on any atom is -0.473 e. The van der Waals surface area contributed by atoms with Crippen LogP contribution in [0.25, 0.3) is 5.69 Å². The summed E-state index contributed by atoms with van der Waals surface area (Å²) < 4.78 is 6.97. The Morgan fingerprint density at radius 3 is 2.64 bits per heavy atom. The molecular weight excluding hydrogens is 336 g/mol. The van der Waals surface area contributed by atoms with Gasteiger partial charge < -0.3 is 10.1 Å². The van der Waals surface area contributed by atoms with E-state index in [0.29, 0.717) is 15.8 Å². The average molecular weight is 356 g/mol. The SMILES string of the molecule is COc1nc(C)c(C(=O)N[C@H](C)c2cnn(-c3ccccc3)c2C)s1. The lowest BCUT2D eigenvalue weighted by Crippen LogP contribution is -2.26. The van der Waals surface area contributed by atoms with Gasteiger partial charge in [-0.25, -0.2) is 9.67 Å². The van der Waals surface area contributed by atoms with E-state index in [-0.39, 0.29) is 11.9 Å². The van der Waals surface area contributed by atoms with Crippen LogP contribution in [0.2, 0.25) is 0 Å². The fourth-order valence-electron chi connectivity index (χ4n) is 2.69. The molecule has 0 aliphatic carbocycles. The number of hydrogen-bond donors (Lipinski definition) is 1. The molecule has 1 aromatic carbocycles. The Morgan fingerprint density at radius 1 is 1.28 bits per heavy atom. The summed E-state index contributed by atoms with van der Waals surface area (Å²) in [6, 6.07) is 9.75. The summed E-state index contributed by atoms with van der Waals surface area (Å²) in [7, 11) is 1.55. The quantitative estimate of drug-likeness (QED) is 0.760. The van der Waals surface area contributed by atoms with Gasteiger partial charge in [-0.15, -0.1) is 0 Å². The van der Waals surface area contributed by atoms with Crippen LogP contribution in [0, 0.1) is 13.8 Å². The molecule has 6 nitrogen and oxygen atoms in total. The molecule has 1 amide bonds. The van der Waals surface area contributed by atoms with Gasteiger partial charge >= 0.3 is 0 Å². The fourth-order valence-corrected chi connectivity index (χ4v) is 3.47. The van der Waals surface area contributed by atoms with E-state index in [0.717, 1.165) is 16.9 Å². The van der Waals surface area contributed by atoms with Crippen LogP contribution in [0.4, 0.5) is 0 Å². The van der Waals surface area contributed by atoms with Crippen LogP contribution in [-0.2, 0) is 0 Å². The van der Waals surface area contributed by atoms with Gasteiger partial charge in [0.25, 0.3) is 11.1 Å². The van der Waals surface area contributed by atoms with Crippen molar-refractivity contribution in [2.75, 3.05) is 7.11 Å². The van der Waals surface area contributed by atoms with E-state index in [1.165, 1.54) is 11.3 Å². The smallest absolute Gasteiger partial charge is 0.273 e. The first-order valence-electron chi connectivity index (χ1n) is 7.93. The third-order valence-electron chi connectivity index (χ3n) is 4.02. The first-order valence-corrected chi connectivity index (χ1v) is 8.75. The fraction of sp³-hybridized carbons (Fsp3) is 0.278. The van der Waals surface area contributed by atoms with Gasteiger partial charge in [0.2, 0.25) is 0 Å². The average Bonchev–Trinajstić information content (AvgIpc) is 3.18. The molecule has 25 heavy (non-hydrogen) atoms. The van der Waals surface area contributed by atoms with Crippen molar-refractivity contribution >= 4 is 17.2 Å². The summed E-state index contributed by atoms with van der Waals surface area (Å²) in [6.07, 6.45) is 1.80. The standard InChI is InChI=1S/C18H20N4O2S/c1-11(20-17(23)16-12(2)21-18(24-4)25-16)15-10-19-22(13(15)3)14-8-6-5-7-9-14/h5-11H,1-4H3,(H,20,23)/t11-/m1/s1. The number of aromatic nitrogens is 3. The molecule has 1 N–H and O–H groups in total. The molecule has 0 saturated heterocycles. The maximum absolute atomic E-state index is 12.5. The first kappa shape index (κ1) is 17.2. The second-order valence-corrected chi connectivity index (χ2v) is 6.69. The Hall–Kier alpha value is -2.67. The Balaban J connectivity index is 1.80. The topological polar surface area (TPSA) is 69.0 Å². The molecule has 0 spiro atoms. The maximum atomic E-state index is 12.5. The molecule has 0 bridgehead atoms. The van der Waals surface area contributed by atoms with Crippen LogP contribution in [0.3, 0.4) is 0 Å². The number of nitrogens with zero attached hydrogens (tertiary/aromatic N) is 3. The number of benzene rings is 1. The van der Waals surface area contributed by atoms with Crippen molar-refractivity contribution < 1.29 is 9.53 Å². The van der Waals surface area contributed by atoms with E-state index in [2.05, 4.69) is 15.4 Å². The van der Waals surface area contributed by atoms with Crippen molar-refractivity contribution in [3.05, 3.63) is 58.4 Å². The van der Waals surface area contributed by atoms with Gasteiger partial charge in [-0.05, 0) is 32.9 Å². The molecule has 3 rings (SSSR count). The Bertz CT molecular complexity index is 886. The van der Waals surface area contributed by atoms with Gasteiger partial charge in [-0.1, -0.05) is 29.5 Å². The number of thiazole rings is 1. The van der Waals surface area contributed by atoms with E-state index in [1.54, 1.807) is 20.2 Å². The third kappa shape index (κ3) is 3.41. The molecular formula is C18H20N4O2S. The molecule has 0 unspecified atom stereocenters. The number of hydrogen-bond acceptors (Lipinski definition) is 5. The lowest BCUT2D eigenvalue weighted by molar-refractivity contribution is 0.0943. The largest absolute Gasteiger partial charge is 0.473 e. The normalized spacial score (nSPS) is 12.0. The molecule has 0 aliphatic rings. The molecule has 7 heteroatoms. The number of nitrogens with one attached hydrogen (secondary N) is 1. The molecule has 3 aromatic rings. The van der Waals surface area contributed by atoms with Gasteiger partial charge in [-0.3, -0.25) is 4.79 Å². The zero-order valence-corrected chi connectivity index (χ0v) is 15.4. The number of methoxy groups -OCH3 is 1. The molecule has 0 aliphatic heterocycles. The minimum absolute atomic E-state index is 0.155. The number of para-hydroxylation sites is 1. The maximum Gasteiger partial charge on any atom is 0.273 e. The first-order chi connectivity index (χ1) is 12.0. The Kier molecular flexibility index (Phi) is 4.85. The molecule has 2 aromatic heterocycles. The summed E-state index contributed by atoms with van der Waals surface area (Å²) in [5, 5.41) is 7.97. The van der Waals surface area contributed by atoms with Crippen LogP contribution in [0.1, 0.15) is 39.6 Å². The summed E-state index contributed by atoms with van der Waals surface area (Å²) in [5.74, 6) is -0.155. The predicted octanol–water partition coefficient (Wildman–Crippen LogP) is 3.45. The van der Waals surface area contributed by atoms with Crippen LogP contribution >= 0.6 is 11.3 Å². The molecule has 0 radical (unpaired) electrons. The van der Waals surface area contributed by atoms with E-state index in [4.69, 9.17) is 4.74 Å². The van der Waals surface area contributed by atoms with Crippen LogP contribution < -0.4 is 10.1 Å². The molecule has 130 valence electrons. The van der Waals surface area contributed by atoms with E-state index in [9.17, 15) is 4.79 Å². The van der Waals surface area contributed by atoms with Crippen LogP contribution in [0.5, 0.6) is 5.19 Å². The van der Waals surface area contributed by atoms with E-state index >= 15 is 0 Å². The lowest BCUT2D eigenvalue weighted by Gasteiger charge is -2.13. The Labute approximate surface area is 150 Å². The highest BCUT2D eigenvalue weighted by Gasteiger charge is 2.20. The number of carbonyl (C=O) groups excluding carboxylic acids is 1. The highest BCUT2D eigenvalue weighted by molar-refractivity contribution is 7.15. The molecule has 2 heterocycles. The molecule has 0 fully saturated rings. The van der Waals surface area contributed by atoms with Crippen molar-refractivity contribution in [2.24, 2.45) is 0 Å². The van der Waals surface area contributed by atoms with E-state index < -0.39 is 0 Å². The van der Waals surface area contributed by atoms with E-state index in [1.807, 2.05) is 48.9 Å². The van der Waals surface area contributed by atoms with Gasteiger partial charge in [0.05, 0.1) is 30.7 Å². The van der Waals surface area contributed by atoms with Crippen molar-refractivity contribution in [2.45, 2.75) is 26.8 Å². The van der Waals surface area contributed by atoms with Gasteiger partial charge in [-0.2, -0.15) is 5.10 Å². The highest BCUT2D eigenvalue weighted by Crippen LogP contribution is 2.26. The summed E-state index contributed by atoms with van der Waals surface area (Å²) in [4.78, 5) is 17.3. The minimum atomic E-state index is -0.169. The van der Waals surface area contributed by atoms with Gasteiger partial charge in [0.15, 0.2) is 0 Å². The van der Waals surface area contributed by atoms with Crippen molar-refractivity contribution in [3.8, 4) is 10.9 Å². The van der Waals surface area contributed by atoms with Gasteiger partial charge in [0, 0.05) is 11.3 Å². The zero-order valence-electron chi connectivity index (χ0n) is 14.6. The second kappa shape index (κ2) is 7.06. The van der Waals surface area contributed by atoms with Crippen LogP contribution in [0.15, 0.2) is 36.5 Å². The summed E-state index contributed by atoms with van der Waals surface area (Å²) in [6.45, 7) is 5.75. The third-order valence-corrected chi connectivity index (χ3v) is 5.14. The number of aryl methyl sites for hydroxylation is 1. The lowest BCUT2D eigenvalue weighted by atomic mass is 10.1. The second-order valence-electron chi connectivity index (χ2n) is 5.73. The number of carbonyl (C=O) groups is 1. The van der Waals surface area contributed by atoms with Gasteiger partial charge in [0.1, 0.15) is 4.88 Å². The van der Waals surface area contributed by atoms with Crippen molar-refractivity contribution in [1.29, 1.82) is 0 Å². The molecule has 1 atom stereocenters. The molecule has 0 saturated carbocycles. The number of rotatable bonds is 5. The van der Waals surface area contributed by atoms with Crippen LogP contribution in [-0.4, -0.2) is 27.8 Å². The summed E-state index contributed by atoms with van der Waals surface area (Å²) in [5.41, 5.74) is 3.64. The number of amides is 1. The monoisotopic (exact) mass is 356 g/mol.